The van der Waals surface area contributed by atoms with Crippen LogP contribution in [0.3, 0.4) is 0 Å². The Kier molecular flexibility index (Phi) is 5.14. The zero-order chi connectivity index (χ0) is 11.1. The van der Waals surface area contributed by atoms with Crippen LogP contribution >= 0.6 is 11.8 Å². The average Bonchev–Trinajstić information content (AvgIpc) is 2.29. The molecule has 1 aromatic rings. The van der Waals surface area contributed by atoms with Crippen LogP contribution in [0.5, 0.6) is 0 Å². The largest absolute Gasteiger partial charge is 0.465 e. The minimum absolute atomic E-state index is 0.342. The van der Waals surface area contributed by atoms with E-state index in [1.165, 1.54) is 7.11 Å². The second-order valence-electron chi connectivity index (χ2n) is 2.72. The molecule has 5 heteroatoms. The molecule has 15 heavy (non-hydrogen) atoms. The van der Waals surface area contributed by atoms with Gasteiger partial charge in [-0.15, -0.1) is 11.8 Å². The zero-order valence-electron chi connectivity index (χ0n) is 8.73. The highest BCUT2D eigenvalue weighted by Gasteiger charge is 2.06. The standard InChI is InChI=1S/C10H13NO3S/c1-13-5-6-15-9-7-8(3-4-11-9)10(12)14-2/h3-4,7H,5-6H2,1-2H3. The van der Waals surface area contributed by atoms with Gasteiger partial charge in [0.05, 0.1) is 24.3 Å². The zero-order valence-corrected chi connectivity index (χ0v) is 9.54. The maximum atomic E-state index is 11.2. The summed E-state index contributed by atoms with van der Waals surface area (Å²) >= 11 is 1.54. The van der Waals surface area contributed by atoms with E-state index < -0.39 is 0 Å². The van der Waals surface area contributed by atoms with Crippen molar-refractivity contribution in [1.29, 1.82) is 0 Å². The van der Waals surface area contributed by atoms with E-state index in [9.17, 15) is 4.79 Å². The van der Waals surface area contributed by atoms with E-state index in [1.54, 1.807) is 37.2 Å². The number of carbonyl (C=O) groups is 1. The lowest BCUT2D eigenvalue weighted by atomic mass is 10.3. The summed E-state index contributed by atoms with van der Waals surface area (Å²) in [7, 11) is 3.01. The first-order chi connectivity index (χ1) is 7.27. The van der Waals surface area contributed by atoms with Gasteiger partial charge >= 0.3 is 5.97 Å². The molecule has 1 rings (SSSR count). The molecule has 0 unspecified atom stereocenters. The van der Waals surface area contributed by atoms with Crippen LogP contribution in [-0.4, -0.2) is 37.5 Å². The van der Waals surface area contributed by atoms with Gasteiger partial charge < -0.3 is 9.47 Å². The van der Waals surface area contributed by atoms with Gasteiger partial charge in [0.15, 0.2) is 0 Å². The van der Waals surface area contributed by atoms with Crippen LogP contribution in [0.25, 0.3) is 0 Å². The predicted molar refractivity (Wildman–Crippen MR) is 58.2 cm³/mol. The number of hydrogen-bond acceptors (Lipinski definition) is 5. The molecule has 0 N–H and O–H groups in total. The lowest BCUT2D eigenvalue weighted by molar-refractivity contribution is 0.0600. The predicted octanol–water partition coefficient (Wildman–Crippen LogP) is 1.61. The summed E-state index contributed by atoms with van der Waals surface area (Å²) in [6.07, 6.45) is 1.60. The minimum Gasteiger partial charge on any atom is -0.465 e. The van der Waals surface area contributed by atoms with Crippen LogP contribution in [0.1, 0.15) is 10.4 Å². The fourth-order valence-corrected chi connectivity index (χ4v) is 1.77. The first-order valence-electron chi connectivity index (χ1n) is 4.44. The Morgan fingerprint density at radius 3 is 3.00 bits per heavy atom. The number of nitrogens with zero attached hydrogens (tertiary/aromatic N) is 1. The Labute approximate surface area is 93.0 Å². The smallest absolute Gasteiger partial charge is 0.337 e. The van der Waals surface area contributed by atoms with Crippen LogP contribution < -0.4 is 0 Å². The topological polar surface area (TPSA) is 48.4 Å². The van der Waals surface area contributed by atoms with Gasteiger partial charge in [-0.25, -0.2) is 9.78 Å². The third-order valence-corrected chi connectivity index (χ3v) is 2.58. The number of rotatable bonds is 5. The number of aromatic nitrogens is 1. The molecule has 0 bridgehead atoms. The Balaban J connectivity index is 2.62. The molecular weight excluding hydrogens is 214 g/mol. The fraction of sp³-hybridized carbons (Fsp3) is 0.400. The Morgan fingerprint density at radius 2 is 2.33 bits per heavy atom. The third kappa shape index (κ3) is 3.89. The van der Waals surface area contributed by atoms with Gasteiger partial charge in [-0.2, -0.15) is 0 Å². The fourth-order valence-electron chi connectivity index (χ4n) is 0.963. The van der Waals surface area contributed by atoms with Gasteiger partial charge in [-0.1, -0.05) is 0 Å². The highest BCUT2D eigenvalue weighted by atomic mass is 32.2. The van der Waals surface area contributed by atoms with E-state index in [0.717, 1.165) is 10.8 Å². The van der Waals surface area contributed by atoms with E-state index in [2.05, 4.69) is 9.72 Å². The van der Waals surface area contributed by atoms with Crippen molar-refractivity contribution in [3.63, 3.8) is 0 Å². The lowest BCUT2D eigenvalue weighted by Gasteiger charge is -2.02. The van der Waals surface area contributed by atoms with Crippen molar-refractivity contribution in [2.75, 3.05) is 26.6 Å². The first-order valence-corrected chi connectivity index (χ1v) is 5.42. The van der Waals surface area contributed by atoms with Crippen LogP contribution in [-0.2, 0) is 9.47 Å². The van der Waals surface area contributed by atoms with Crippen molar-refractivity contribution in [2.45, 2.75) is 5.03 Å². The monoisotopic (exact) mass is 227 g/mol. The second kappa shape index (κ2) is 6.42. The molecule has 1 aromatic heterocycles. The summed E-state index contributed by atoms with van der Waals surface area (Å²) in [5, 5.41) is 0.801. The van der Waals surface area contributed by atoms with Gasteiger partial charge in [-0.05, 0) is 12.1 Å². The number of thioether (sulfide) groups is 1. The van der Waals surface area contributed by atoms with Crippen LogP contribution in [0.4, 0.5) is 0 Å². The molecule has 1 heterocycles. The van der Waals surface area contributed by atoms with Crippen molar-refractivity contribution < 1.29 is 14.3 Å². The summed E-state index contributed by atoms with van der Waals surface area (Å²) in [4.78, 5) is 15.3. The normalized spacial score (nSPS) is 10.0. The number of esters is 1. The molecule has 0 saturated heterocycles. The molecule has 0 aliphatic carbocycles. The molecular formula is C10H13NO3S. The first kappa shape index (κ1) is 12.0. The van der Waals surface area contributed by atoms with E-state index in [4.69, 9.17) is 4.74 Å². The molecule has 0 saturated carbocycles. The summed E-state index contributed by atoms with van der Waals surface area (Å²) in [5.41, 5.74) is 0.521. The molecule has 0 aromatic carbocycles. The molecule has 82 valence electrons. The maximum Gasteiger partial charge on any atom is 0.337 e. The van der Waals surface area contributed by atoms with E-state index in [-0.39, 0.29) is 5.97 Å². The Hall–Kier alpha value is -1.07. The Bertz CT molecular complexity index is 330. The number of pyridine rings is 1. The molecule has 0 aliphatic rings. The van der Waals surface area contributed by atoms with Gasteiger partial charge in [0.1, 0.15) is 0 Å². The van der Waals surface area contributed by atoms with Crippen LogP contribution in [0.15, 0.2) is 23.4 Å². The van der Waals surface area contributed by atoms with Gasteiger partial charge in [-0.3, -0.25) is 0 Å². The summed E-state index contributed by atoms with van der Waals surface area (Å²) in [6.45, 7) is 0.662. The molecule has 4 nitrogen and oxygen atoms in total. The van der Waals surface area contributed by atoms with Crippen LogP contribution in [0.2, 0.25) is 0 Å². The quantitative estimate of drug-likeness (QED) is 0.434. The van der Waals surface area contributed by atoms with Crippen molar-refractivity contribution in [2.24, 2.45) is 0 Å². The van der Waals surface area contributed by atoms with E-state index in [1.807, 2.05) is 0 Å². The summed E-state index contributed by atoms with van der Waals surface area (Å²) in [5.74, 6) is 0.472. The summed E-state index contributed by atoms with van der Waals surface area (Å²) in [6, 6.07) is 3.35. The summed E-state index contributed by atoms with van der Waals surface area (Å²) < 4.78 is 9.54. The maximum absolute atomic E-state index is 11.2. The lowest BCUT2D eigenvalue weighted by Crippen LogP contribution is -2.01. The third-order valence-electron chi connectivity index (χ3n) is 1.69. The van der Waals surface area contributed by atoms with Crippen molar-refractivity contribution in [3.8, 4) is 0 Å². The van der Waals surface area contributed by atoms with E-state index >= 15 is 0 Å². The highest BCUT2D eigenvalue weighted by molar-refractivity contribution is 7.99. The van der Waals surface area contributed by atoms with Crippen molar-refractivity contribution in [3.05, 3.63) is 23.9 Å². The average molecular weight is 227 g/mol. The van der Waals surface area contributed by atoms with E-state index in [0.29, 0.717) is 12.2 Å². The molecule has 0 radical (unpaired) electrons. The Morgan fingerprint density at radius 1 is 1.53 bits per heavy atom. The van der Waals surface area contributed by atoms with Crippen molar-refractivity contribution >= 4 is 17.7 Å². The molecule has 0 amide bonds. The van der Waals surface area contributed by atoms with Gasteiger partial charge in [0.25, 0.3) is 0 Å². The molecule has 0 atom stereocenters. The second-order valence-corrected chi connectivity index (χ2v) is 3.83. The number of hydrogen-bond donors (Lipinski definition) is 0. The molecule has 0 spiro atoms. The van der Waals surface area contributed by atoms with Crippen molar-refractivity contribution in [1.82, 2.24) is 4.98 Å². The van der Waals surface area contributed by atoms with Crippen LogP contribution in [0, 0.1) is 0 Å². The number of carbonyl (C=O) groups excluding carboxylic acids is 1. The van der Waals surface area contributed by atoms with Gasteiger partial charge in [0.2, 0.25) is 0 Å². The number of ether oxygens (including phenoxy) is 2. The molecule has 0 fully saturated rings. The highest BCUT2D eigenvalue weighted by Crippen LogP contribution is 2.16. The minimum atomic E-state index is -0.342. The number of methoxy groups -OCH3 is 2. The SMILES string of the molecule is COCCSc1cc(C(=O)OC)ccn1. The van der Waals surface area contributed by atoms with Gasteiger partial charge in [0, 0.05) is 19.1 Å². The molecule has 0 aliphatic heterocycles.